The third-order valence-electron chi connectivity index (χ3n) is 4.64. The first kappa shape index (κ1) is 19.4. The smallest absolute Gasteiger partial charge is 0.336 e. The van der Waals surface area contributed by atoms with Crippen LogP contribution >= 0.6 is 0 Å². The van der Waals surface area contributed by atoms with Crippen LogP contribution in [-0.2, 0) is 19.1 Å². The molecule has 2 rings (SSSR count). The van der Waals surface area contributed by atoms with Gasteiger partial charge in [0.15, 0.2) is 0 Å². The fraction of sp³-hybridized carbons (Fsp3) is 0.444. The second-order valence-electron chi connectivity index (χ2n) is 6.71. The first-order chi connectivity index (χ1) is 12.1. The number of nitro groups is 1. The molecule has 1 N–H and O–H groups in total. The van der Waals surface area contributed by atoms with Gasteiger partial charge in [-0.3, -0.25) is 14.9 Å². The van der Waals surface area contributed by atoms with E-state index in [1.165, 1.54) is 32.4 Å². The van der Waals surface area contributed by atoms with Crippen LogP contribution < -0.4 is 5.32 Å². The molecule has 0 aromatic heterocycles. The Bertz CT molecular complexity index is 784. The molecule has 0 bridgehead atoms. The van der Waals surface area contributed by atoms with Crippen LogP contribution in [0.15, 0.2) is 35.5 Å². The van der Waals surface area contributed by atoms with Gasteiger partial charge in [-0.25, -0.2) is 4.79 Å². The highest BCUT2D eigenvalue weighted by Crippen LogP contribution is 2.44. The van der Waals surface area contributed by atoms with Gasteiger partial charge in [0.05, 0.1) is 30.6 Å². The van der Waals surface area contributed by atoms with Crippen molar-refractivity contribution in [2.45, 2.75) is 32.2 Å². The van der Waals surface area contributed by atoms with Crippen molar-refractivity contribution in [3.63, 3.8) is 0 Å². The summed E-state index contributed by atoms with van der Waals surface area (Å²) in [5.74, 6) is -2.65. The number of non-ortho nitro benzene ring substituents is 1. The number of nitro benzene ring substituents is 1. The minimum atomic E-state index is -0.785. The van der Waals surface area contributed by atoms with E-state index in [0.29, 0.717) is 11.3 Å². The third-order valence-corrected chi connectivity index (χ3v) is 4.64. The van der Waals surface area contributed by atoms with Gasteiger partial charge in [-0.1, -0.05) is 12.1 Å². The lowest BCUT2D eigenvalue weighted by molar-refractivity contribution is -0.384. The molecule has 1 aromatic carbocycles. The molecule has 0 saturated carbocycles. The molecule has 26 heavy (non-hydrogen) atoms. The summed E-state index contributed by atoms with van der Waals surface area (Å²) >= 11 is 0. The number of carbonyl (C=O) groups is 2. The van der Waals surface area contributed by atoms with Crippen molar-refractivity contribution in [1.82, 2.24) is 5.32 Å². The van der Waals surface area contributed by atoms with E-state index < -0.39 is 34.2 Å². The third kappa shape index (κ3) is 3.40. The molecular formula is C18H22N2O6. The van der Waals surface area contributed by atoms with E-state index in [-0.39, 0.29) is 11.3 Å². The molecule has 140 valence electrons. The number of methoxy groups -OCH3 is 2. The summed E-state index contributed by atoms with van der Waals surface area (Å²) in [6.07, 6.45) is 0. The van der Waals surface area contributed by atoms with Crippen LogP contribution in [0, 0.1) is 16.0 Å². The van der Waals surface area contributed by atoms with E-state index in [1.54, 1.807) is 13.0 Å². The highest BCUT2D eigenvalue weighted by atomic mass is 16.6. The first-order valence-electron chi connectivity index (χ1n) is 8.03. The molecular weight excluding hydrogens is 340 g/mol. The van der Waals surface area contributed by atoms with Crippen LogP contribution in [0.4, 0.5) is 5.69 Å². The standard InChI is InChI=1S/C18H22N2O6/c1-10-13(16(21)25-4)14(11-7-6-8-12(9-11)20(23)24)15(17(22)26-5)18(2,3)19-10/h6-9,14-15,19H,1-5H3. The SMILES string of the molecule is COC(=O)C1=C(C)NC(C)(C)C(C(=O)OC)C1c1cccc([N+](=O)[O-])c1. The topological polar surface area (TPSA) is 108 Å². The van der Waals surface area contributed by atoms with Crippen molar-refractivity contribution in [3.05, 3.63) is 51.2 Å². The molecule has 1 aliphatic rings. The quantitative estimate of drug-likeness (QED) is 0.497. The lowest BCUT2D eigenvalue weighted by atomic mass is 9.68. The Morgan fingerprint density at radius 2 is 1.88 bits per heavy atom. The van der Waals surface area contributed by atoms with Gasteiger partial charge >= 0.3 is 11.9 Å². The minimum absolute atomic E-state index is 0.121. The molecule has 1 aliphatic heterocycles. The van der Waals surface area contributed by atoms with Gasteiger partial charge in [0.1, 0.15) is 0 Å². The largest absolute Gasteiger partial charge is 0.469 e. The van der Waals surface area contributed by atoms with Crippen molar-refractivity contribution in [3.8, 4) is 0 Å². The van der Waals surface area contributed by atoms with Crippen molar-refractivity contribution in [2.24, 2.45) is 5.92 Å². The maximum Gasteiger partial charge on any atom is 0.336 e. The number of allylic oxidation sites excluding steroid dienone is 1. The summed E-state index contributed by atoms with van der Waals surface area (Å²) < 4.78 is 9.86. The molecule has 0 radical (unpaired) electrons. The Hall–Kier alpha value is -2.90. The van der Waals surface area contributed by atoms with Gasteiger partial charge in [0.25, 0.3) is 5.69 Å². The van der Waals surface area contributed by atoms with E-state index in [2.05, 4.69) is 5.32 Å². The van der Waals surface area contributed by atoms with Crippen molar-refractivity contribution < 1.29 is 24.0 Å². The van der Waals surface area contributed by atoms with E-state index in [0.717, 1.165) is 0 Å². The highest BCUT2D eigenvalue weighted by molar-refractivity contribution is 5.93. The van der Waals surface area contributed by atoms with Crippen LogP contribution in [0.1, 0.15) is 32.3 Å². The Morgan fingerprint density at radius 1 is 1.23 bits per heavy atom. The van der Waals surface area contributed by atoms with Crippen LogP contribution in [0.3, 0.4) is 0 Å². The molecule has 0 fully saturated rings. The maximum absolute atomic E-state index is 12.6. The highest BCUT2D eigenvalue weighted by Gasteiger charge is 2.50. The number of carbonyl (C=O) groups excluding carboxylic acids is 2. The normalized spacial score (nSPS) is 21.6. The Morgan fingerprint density at radius 3 is 2.42 bits per heavy atom. The summed E-state index contributed by atoms with van der Waals surface area (Å²) in [6.45, 7) is 5.35. The average molecular weight is 362 g/mol. The van der Waals surface area contributed by atoms with Crippen LogP contribution in [-0.4, -0.2) is 36.6 Å². The number of nitrogens with one attached hydrogen (secondary N) is 1. The van der Waals surface area contributed by atoms with Gasteiger partial charge in [-0.2, -0.15) is 0 Å². The minimum Gasteiger partial charge on any atom is -0.469 e. The van der Waals surface area contributed by atoms with Gasteiger partial charge in [-0.15, -0.1) is 0 Å². The number of hydrogen-bond acceptors (Lipinski definition) is 7. The molecule has 0 aliphatic carbocycles. The molecule has 0 saturated heterocycles. The Kier molecular flexibility index (Phi) is 5.34. The fourth-order valence-electron chi connectivity index (χ4n) is 3.58. The average Bonchev–Trinajstić information content (AvgIpc) is 2.59. The number of esters is 2. The Balaban J connectivity index is 2.75. The molecule has 2 atom stereocenters. The van der Waals surface area contributed by atoms with Gasteiger partial charge in [0.2, 0.25) is 0 Å². The lowest BCUT2D eigenvalue weighted by Gasteiger charge is -2.44. The van der Waals surface area contributed by atoms with Gasteiger partial charge in [-0.05, 0) is 26.3 Å². The van der Waals surface area contributed by atoms with Crippen LogP contribution in [0.25, 0.3) is 0 Å². The molecule has 0 spiro atoms. The van der Waals surface area contributed by atoms with Crippen molar-refractivity contribution in [2.75, 3.05) is 14.2 Å². The van der Waals surface area contributed by atoms with Gasteiger partial charge < -0.3 is 14.8 Å². The monoisotopic (exact) mass is 362 g/mol. The van der Waals surface area contributed by atoms with E-state index >= 15 is 0 Å². The summed E-state index contributed by atoms with van der Waals surface area (Å²) in [5.41, 5.74) is 0.416. The van der Waals surface area contributed by atoms with Crippen molar-refractivity contribution in [1.29, 1.82) is 0 Å². The van der Waals surface area contributed by atoms with E-state index in [1.807, 2.05) is 13.8 Å². The zero-order chi connectivity index (χ0) is 19.6. The van der Waals surface area contributed by atoms with E-state index in [9.17, 15) is 19.7 Å². The molecule has 1 aromatic rings. The molecule has 2 unspecified atom stereocenters. The Labute approximate surface area is 151 Å². The number of rotatable bonds is 4. The molecule has 0 amide bonds. The summed E-state index contributed by atoms with van der Waals surface area (Å²) in [5, 5.41) is 14.3. The lowest BCUT2D eigenvalue weighted by Crippen LogP contribution is -2.55. The van der Waals surface area contributed by atoms with Gasteiger partial charge in [0, 0.05) is 29.3 Å². The molecule has 8 nitrogen and oxygen atoms in total. The maximum atomic E-state index is 12.6. The second-order valence-corrected chi connectivity index (χ2v) is 6.71. The number of ether oxygens (including phenoxy) is 2. The van der Waals surface area contributed by atoms with Crippen LogP contribution in [0.2, 0.25) is 0 Å². The zero-order valence-corrected chi connectivity index (χ0v) is 15.4. The summed E-state index contributed by atoms with van der Waals surface area (Å²) in [6, 6.07) is 5.92. The molecule has 1 heterocycles. The first-order valence-corrected chi connectivity index (χ1v) is 8.03. The fourth-order valence-corrected chi connectivity index (χ4v) is 3.58. The number of benzene rings is 1. The number of nitrogens with zero attached hydrogens (tertiary/aromatic N) is 1. The number of hydrogen-bond donors (Lipinski definition) is 1. The van der Waals surface area contributed by atoms with Crippen LogP contribution in [0.5, 0.6) is 0 Å². The predicted molar refractivity (Wildman–Crippen MR) is 93.3 cm³/mol. The summed E-state index contributed by atoms with van der Waals surface area (Å²) in [7, 11) is 2.52. The van der Waals surface area contributed by atoms with Crippen molar-refractivity contribution >= 4 is 17.6 Å². The summed E-state index contributed by atoms with van der Waals surface area (Å²) in [4.78, 5) is 35.7. The molecule has 8 heteroatoms. The van der Waals surface area contributed by atoms with E-state index in [4.69, 9.17) is 9.47 Å². The second kappa shape index (κ2) is 7.15. The predicted octanol–water partition coefficient (Wildman–Crippen LogP) is 2.30. The zero-order valence-electron chi connectivity index (χ0n) is 15.4.